The first-order valence-electron chi connectivity index (χ1n) is 3.69. The highest BCUT2D eigenvalue weighted by Crippen LogP contribution is 2.06. The second-order valence-electron chi connectivity index (χ2n) is 2.48. The predicted molar refractivity (Wildman–Crippen MR) is 46.2 cm³/mol. The molecule has 0 atom stereocenters. The normalized spacial score (nSPS) is 9.73. The van der Waals surface area contributed by atoms with Crippen molar-refractivity contribution in [2.45, 2.75) is 13.8 Å². The van der Waals surface area contributed by atoms with Gasteiger partial charge in [-0.1, -0.05) is 6.07 Å². The van der Waals surface area contributed by atoms with Gasteiger partial charge in [-0.2, -0.15) is 0 Å². The largest absolute Gasteiger partial charge is 0.295 e. The van der Waals surface area contributed by atoms with E-state index in [1.54, 1.807) is 5.01 Å². The van der Waals surface area contributed by atoms with E-state index in [1.807, 2.05) is 32.2 Å². The number of hydrazine groups is 1. The molecular formula is C8H13N3. The molecule has 0 saturated carbocycles. The van der Waals surface area contributed by atoms with E-state index in [1.165, 1.54) is 0 Å². The Bertz CT molecular complexity index is 217. The lowest BCUT2D eigenvalue weighted by Crippen LogP contribution is -2.30. The summed E-state index contributed by atoms with van der Waals surface area (Å²) in [5.41, 5.74) is 1.15. The van der Waals surface area contributed by atoms with Crippen LogP contribution in [-0.4, -0.2) is 11.5 Å². The number of hydrogen-bond donors (Lipinski definition) is 1. The van der Waals surface area contributed by atoms with Gasteiger partial charge in [0.2, 0.25) is 0 Å². The first-order chi connectivity index (χ1) is 5.24. The number of nitrogens with two attached hydrogens (primary N) is 1. The molecule has 0 aliphatic heterocycles. The molecule has 0 aromatic carbocycles. The van der Waals surface area contributed by atoms with E-state index >= 15 is 0 Å². The van der Waals surface area contributed by atoms with E-state index in [9.17, 15) is 0 Å². The smallest absolute Gasteiger partial charge is 0.142 e. The average Bonchev–Trinajstić information content (AvgIpc) is 2.05. The summed E-state index contributed by atoms with van der Waals surface area (Å²) in [6.45, 7) is 4.77. The van der Waals surface area contributed by atoms with E-state index in [4.69, 9.17) is 5.84 Å². The van der Waals surface area contributed by atoms with E-state index in [0.717, 1.165) is 17.9 Å². The molecular weight excluding hydrogens is 138 g/mol. The van der Waals surface area contributed by atoms with Crippen LogP contribution in [0, 0.1) is 6.92 Å². The zero-order valence-corrected chi connectivity index (χ0v) is 6.91. The maximum absolute atomic E-state index is 5.62. The highest BCUT2D eigenvalue weighted by molar-refractivity contribution is 5.36. The highest BCUT2D eigenvalue weighted by Gasteiger charge is 1.97. The van der Waals surface area contributed by atoms with Crippen LogP contribution < -0.4 is 10.9 Å². The highest BCUT2D eigenvalue weighted by atomic mass is 15.4. The number of aryl methyl sites for hydroxylation is 1. The first-order valence-corrected chi connectivity index (χ1v) is 3.69. The molecule has 0 aliphatic rings. The summed E-state index contributed by atoms with van der Waals surface area (Å²) < 4.78 is 0. The molecule has 0 aliphatic carbocycles. The molecule has 0 radical (unpaired) electrons. The summed E-state index contributed by atoms with van der Waals surface area (Å²) in [7, 11) is 0. The van der Waals surface area contributed by atoms with Crippen LogP contribution in [0.2, 0.25) is 0 Å². The van der Waals surface area contributed by atoms with Crippen molar-refractivity contribution in [1.82, 2.24) is 4.98 Å². The van der Waals surface area contributed by atoms with Crippen LogP contribution in [0.4, 0.5) is 5.82 Å². The van der Waals surface area contributed by atoms with Crippen LogP contribution in [0.3, 0.4) is 0 Å². The van der Waals surface area contributed by atoms with Crippen molar-refractivity contribution in [2.75, 3.05) is 11.6 Å². The Morgan fingerprint density at radius 1 is 1.55 bits per heavy atom. The quantitative estimate of drug-likeness (QED) is 0.508. The molecule has 60 valence electrons. The van der Waals surface area contributed by atoms with Crippen molar-refractivity contribution in [3.05, 3.63) is 23.9 Å². The molecule has 1 rings (SSSR count). The number of nitrogens with zero attached hydrogens (tertiary/aromatic N) is 2. The summed E-state index contributed by atoms with van der Waals surface area (Å²) in [5, 5.41) is 1.61. The van der Waals surface area contributed by atoms with E-state index in [2.05, 4.69) is 4.98 Å². The monoisotopic (exact) mass is 151 g/mol. The summed E-state index contributed by atoms with van der Waals surface area (Å²) in [6.07, 6.45) is 1.81. The minimum atomic E-state index is 0.774. The fraction of sp³-hybridized carbons (Fsp3) is 0.375. The molecule has 2 N–H and O–H groups in total. The molecule has 0 saturated heterocycles. The Hall–Kier alpha value is -1.09. The van der Waals surface area contributed by atoms with Crippen LogP contribution in [0.1, 0.15) is 12.5 Å². The van der Waals surface area contributed by atoms with Gasteiger partial charge in [0.15, 0.2) is 0 Å². The molecule has 11 heavy (non-hydrogen) atoms. The molecule has 0 bridgehead atoms. The number of anilines is 1. The van der Waals surface area contributed by atoms with Gasteiger partial charge >= 0.3 is 0 Å². The lowest BCUT2D eigenvalue weighted by atomic mass is 10.3. The lowest BCUT2D eigenvalue weighted by molar-refractivity contribution is 0.867. The average molecular weight is 151 g/mol. The van der Waals surface area contributed by atoms with Crippen LogP contribution in [0.5, 0.6) is 0 Å². The standard InChI is InChI=1S/C8H13N3/c1-3-11(9)8-5-4-7(2)6-10-8/h4-6H,3,9H2,1-2H3. The third-order valence-electron chi connectivity index (χ3n) is 1.53. The van der Waals surface area contributed by atoms with Crippen LogP contribution in [0.15, 0.2) is 18.3 Å². The van der Waals surface area contributed by atoms with E-state index in [-0.39, 0.29) is 0 Å². The number of pyridine rings is 1. The van der Waals surface area contributed by atoms with Gasteiger partial charge in [0.05, 0.1) is 0 Å². The summed E-state index contributed by atoms with van der Waals surface area (Å²) in [5.74, 6) is 6.43. The molecule has 1 aromatic heterocycles. The zero-order valence-electron chi connectivity index (χ0n) is 6.91. The molecule has 1 aromatic rings. The van der Waals surface area contributed by atoms with Gasteiger partial charge in [0.25, 0.3) is 0 Å². The van der Waals surface area contributed by atoms with Gasteiger partial charge in [-0.15, -0.1) is 0 Å². The van der Waals surface area contributed by atoms with Crippen LogP contribution >= 0.6 is 0 Å². The second kappa shape index (κ2) is 3.34. The van der Waals surface area contributed by atoms with Crippen molar-refractivity contribution in [1.29, 1.82) is 0 Å². The van der Waals surface area contributed by atoms with Crippen molar-refractivity contribution in [3.8, 4) is 0 Å². The minimum absolute atomic E-state index is 0.774. The molecule has 0 spiro atoms. The summed E-state index contributed by atoms with van der Waals surface area (Å²) in [6, 6.07) is 3.91. The van der Waals surface area contributed by atoms with Crippen molar-refractivity contribution in [3.63, 3.8) is 0 Å². The van der Waals surface area contributed by atoms with Gasteiger partial charge < -0.3 is 0 Å². The Balaban J connectivity index is 2.81. The molecule has 0 amide bonds. The molecule has 1 heterocycles. The maximum atomic E-state index is 5.62. The fourth-order valence-corrected chi connectivity index (χ4v) is 0.792. The van der Waals surface area contributed by atoms with Gasteiger partial charge in [0.1, 0.15) is 5.82 Å². The van der Waals surface area contributed by atoms with Gasteiger partial charge in [0, 0.05) is 12.7 Å². The molecule has 0 fully saturated rings. The fourth-order valence-electron chi connectivity index (χ4n) is 0.792. The lowest BCUT2D eigenvalue weighted by Gasteiger charge is -2.14. The first kappa shape index (κ1) is 8.01. The minimum Gasteiger partial charge on any atom is -0.295 e. The van der Waals surface area contributed by atoms with Crippen LogP contribution in [0.25, 0.3) is 0 Å². The van der Waals surface area contributed by atoms with Gasteiger partial charge in [-0.05, 0) is 25.5 Å². The SMILES string of the molecule is CCN(N)c1ccc(C)cn1. The zero-order chi connectivity index (χ0) is 8.27. The third kappa shape index (κ3) is 1.91. The van der Waals surface area contributed by atoms with E-state index < -0.39 is 0 Å². The topological polar surface area (TPSA) is 42.1 Å². The van der Waals surface area contributed by atoms with Crippen LogP contribution in [-0.2, 0) is 0 Å². The van der Waals surface area contributed by atoms with Gasteiger partial charge in [-0.25, -0.2) is 10.8 Å². The summed E-state index contributed by atoms with van der Waals surface area (Å²) in [4.78, 5) is 4.15. The summed E-state index contributed by atoms with van der Waals surface area (Å²) >= 11 is 0. The number of aromatic nitrogens is 1. The Morgan fingerprint density at radius 3 is 2.73 bits per heavy atom. The van der Waals surface area contributed by atoms with E-state index in [0.29, 0.717) is 0 Å². The Kier molecular flexibility index (Phi) is 2.44. The Morgan fingerprint density at radius 2 is 2.27 bits per heavy atom. The Labute approximate surface area is 66.8 Å². The maximum Gasteiger partial charge on any atom is 0.142 e. The predicted octanol–water partition coefficient (Wildman–Crippen LogP) is 1.09. The third-order valence-corrected chi connectivity index (χ3v) is 1.53. The van der Waals surface area contributed by atoms with Crippen molar-refractivity contribution in [2.24, 2.45) is 5.84 Å². The number of rotatable bonds is 2. The molecule has 3 nitrogen and oxygen atoms in total. The molecule has 0 unspecified atom stereocenters. The second-order valence-corrected chi connectivity index (χ2v) is 2.48. The molecule has 3 heteroatoms. The van der Waals surface area contributed by atoms with Crippen molar-refractivity contribution < 1.29 is 0 Å². The van der Waals surface area contributed by atoms with Gasteiger partial charge in [-0.3, -0.25) is 5.01 Å². The number of hydrogen-bond acceptors (Lipinski definition) is 3. The van der Waals surface area contributed by atoms with Crippen molar-refractivity contribution >= 4 is 5.82 Å².